The zero-order valence-corrected chi connectivity index (χ0v) is 17.1. The van der Waals surface area contributed by atoms with Crippen LogP contribution < -0.4 is 14.8 Å². The van der Waals surface area contributed by atoms with Crippen molar-refractivity contribution in [2.45, 2.75) is 26.7 Å². The lowest BCUT2D eigenvalue weighted by atomic mass is 10.1. The minimum absolute atomic E-state index is 0.311. The van der Waals surface area contributed by atoms with Crippen molar-refractivity contribution in [1.29, 1.82) is 0 Å². The molecule has 2 aromatic rings. The summed E-state index contributed by atoms with van der Waals surface area (Å²) >= 11 is 0. The summed E-state index contributed by atoms with van der Waals surface area (Å²) in [6.45, 7) is 4.94. The molecule has 2 aromatic carbocycles. The topological polar surface area (TPSA) is 73.9 Å². The molecule has 0 fully saturated rings. The summed E-state index contributed by atoms with van der Waals surface area (Å²) in [5.74, 6) is 0.562. The van der Waals surface area contributed by atoms with E-state index in [-0.39, 0.29) is 5.91 Å². The van der Waals surface area contributed by atoms with Crippen molar-refractivity contribution < 1.29 is 23.8 Å². The molecule has 0 spiro atoms. The van der Waals surface area contributed by atoms with E-state index in [1.54, 1.807) is 43.5 Å². The number of benzene rings is 2. The molecular weight excluding hydrogens is 370 g/mol. The van der Waals surface area contributed by atoms with Crippen LogP contribution in [0.1, 0.15) is 42.6 Å². The van der Waals surface area contributed by atoms with Gasteiger partial charge in [0, 0.05) is 11.8 Å². The molecule has 0 saturated heterocycles. The lowest BCUT2D eigenvalue weighted by Gasteiger charge is -2.10. The molecule has 0 aliphatic heterocycles. The Morgan fingerprint density at radius 2 is 1.79 bits per heavy atom. The first kappa shape index (κ1) is 22.0. The molecule has 0 heterocycles. The molecule has 0 aromatic heterocycles. The summed E-state index contributed by atoms with van der Waals surface area (Å²) in [6.07, 6.45) is 4.76. The molecule has 0 radical (unpaired) electrons. The van der Waals surface area contributed by atoms with E-state index in [4.69, 9.17) is 14.2 Å². The summed E-state index contributed by atoms with van der Waals surface area (Å²) in [5, 5.41) is 2.74. The molecule has 6 nitrogen and oxygen atoms in total. The molecule has 0 aliphatic rings. The van der Waals surface area contributed by atoms with Crippen molar-refractivity contribution in [3.05, 3.63) is 59.7 Å². The van der Waals surface area contributed by atoms with Crippen LogP contribution >= 0.6 is 0 Å². The predicted octanol–water partition coefficient (Wildman–Crippen LogP) is 4.70. The molecule has 1 N–H and O–H groups in total. The molecule has 0 bridgehead atoms. The van der Waals surface area contributed by atoms with Crippen LogP contribution in [0.5, 0.6) is 11.5 Å². The largest absolute Gasteiger partial charge is 0.493 e. The molecule has 0 unspecified atom stereocenters. The third-order valence-corrected chi connectivity index (χ3v) is 3.88. The highest BCUT2D eigenvalue weighted by atomic mass is 16.5. The molecule has 154 valence electrons. The van der Waals surface area contributed by atoms with Gasteiger partial charge >= 0.3 is 5.97 Å². The van der Waals surface area contributed by atoms with Gasteiger partial charge < -0.3 is 19.5 Å². The van der Waals surface area contributed by atoms with Crippen molar-refractivity contribution in [3.8, 4) is 11.5 Å². The molecule has 1 amide bonds. The standard InChI is InChI=1S/C23H27NO5/c1-4-13-28-20-11-9-17(15-21(20)27-3)10-12-22(25)24-19-8-6-7-18(16-19)23(26)29-14-5-2/h6-12,15-16H,4-5,13-14H2,1-3H3,(H,24,25). The van der Waals surface area contributed by atoms with Crippen LogP contribution in [0.2, 0.25) is 0 Å². The SMILES string of the molecule is CCCOC(=O)c1cccc(NC(=O)C=Cc2ccc(OCCC)c(OC)c2)c1. The van der Waals surface area contributed by atoms with E-state index in [9.17, 15) is 9.59 Å². The van der Waals surface area contributed by atoms with Gasteiger partial charge in [0.2, 0.25) is 5.91 Å². The minimum atomic E-state index is -0.407. The normalized spacial score (nSPS) is 10.6. The number of methoxy groups -OCH3 is 1. The van der Waals surface area contributed by atoms with Crippen LogP contribution in [0.25, 0.3) is 6.08 Å². The molecule has 0 atom stereocenters. The average Bonchev–Trinajstić information content (AvgIpc) is 2.74. The maximum atomic E-state index is 12.2. The van der Waals surface area contributed by atoms with Crippen molar-refractivity contribution >= 4 is 23.6 Å². The second kappa shape index (κ2) is 11.5. The molecule has 2 rings (SSSR count). The van der Waals surface area contributed by atoms with Crippen LogP contribution in [0.4, 0.5) is 5.69 Å². The Bertz CT molecular complexity index is 860. The van der Waals surface area contributed by atoms with Crippen molar-refractivity contribution in [2.24, 2.45) is 0 Å². The fourth-order valence-corrected chi connectivity index (χ4v) is 2.48. The lowest BCUT2D eigenvalue weighted by molar-refractivity contribution is -0.111. The van der Waals surface area contributed by atoms with Gasteiger partial charge in [0.15, 0.2) is 11.5 Å². The van der Waals surface area contributed by atoms with E-state index in [0.29, 0.717) is 36.0 Å². The molecule has 0 aliphatic carbocycles. The zero-order chi connectivity index (χ0) is 21.1. The van der Waals surface area contributed by atoms with Crippen LogP contribution in [0.3, 0.4) is 0 Å². The first-order valence-corrected chi connectivity index (χ1v) is 9.64. The van der Waals surface area contributed by atoms with Crippen LogP contribution in [-0.2, 0) is 9.53 Å². The Morgan fingerprint density at radius 3 is 2.52 bits per heavy atom. The van der Waals surface area contributed by atoms with E-state index in [0.717, 1.165) is 18.4 Å². The molecule has 29 heavy (non-hydrogen) atoms. The van der Waals surface area contributed by atoms with E-state index in [1.807, 2.05) is 26.0 Å². The number of hydrogen-bond donors (Lipinski definition) is 1. The van der Waals surface area contributed by atoms with Crippen LogP contribution in [0, 0.1) is 0 Å². The van der Waals surface area contributed by atoms with E-state index >= 15 is 0 Å². The van der Waals surface area contributed by atoms with Crippen molar-refractivity contribution in [2.75, 3.05) is 25.6 Å². The Morgan fingerprint density at radius 1 is 1.00 bits per heavy atom. The quantitative estimate of drug-likeness (QED) is 0.465. The van der Waals surface area contributed by atoms with Crippen molar-refractivity contribution in [1.82, 2.24) is 0 Å². The highest BCUT2D eigenvalue weighted by Gasteiger charge is 2.08. The number of nitrogens with one attached hydrogen (secondary N) is 1. The van der Waals surface area contributed by atoms with Gasteiger partial charge in [-0.05, 0) is 54.8 Å². The third-order valence-electron chi connectivity index (χ3n) is 3.88. The smallest absolute Gasteiger partial charge is 0.338 e. The Labute approximate surface area is 171 Å². The first-order chi connectivity index (χ1) is 14.1. The van der Waals surface area contributed by atoms with E-state index in [2.05, 4.69) is 5.32 Å². The second-order valence-electron chi connectivity index (χ2n) is 6.30. The summed E-state index contributed by atoms with van der Waals surface area (Å²) in [6, 6.07) is 12.1. The maximum Gasteiger partial charge on any atom is 0.338 e. The van der Waals surface area contributed by atoms with Crippen LogP contribution in [-0.4, -0.2) is 32.2 Å². The van der Waals surface area contributed by atoms with Gasteiger partial charge in [0.1, 0.15) is 0 Å². The number of esters is 1. The highest BCUT2D eigenvalue weighted by molar-refractivity contribution is 6.02. The van der Waals surface area contributed by atoms with E-state index < -0.39 is 5.97 Å². The third kappa shape index (κ3) is 6.99. The van der Waals surface area contributed by atoms with Crippen LogP contribution in [0.15, 0.2) is 48.5 Å². The zero-order valence-electron chi connectivity index (χ0n) is 17.1. The molecular formula is C23H27NO5. The van der Waals surface area contributed by atoms with Gasteiger partial charge in [-0.3, -0.25) is 4.79 Å². The average molecular weight is 397 g/mol. The van der Waals surface area contributed by atoms with Gasteiger partial charge in [-0.1, -0.05) is 26.0 Å². The Hall–Kier alpha value is -3.28. The fraction of sp³-hybridized carbons (Fsp3) is 0.304. The first-order valence-electron chi connectivity index (χ1n) is 9.64. The number of ether oxygens (including phenoxy) is 3. The second-order valence-corrected chi connectivity index (χ2v) is 6.30. The number of amides is 1. The molecule has 0 saturated carbocycles. The number of anilines is 1. The maximum absolute atomic E-state index is 12.2. The van der Waals surface area contributed by atoms with Gasteiger partial charge in [-0.25, -0.2) is 4.79 Å². The van der Waals surface area contributed by atoms with Crippen molar-refractivity contribution in [3.63, 3.8) is 0 Å². The lowest BCUT2D eigenvalue weighted by Crippen LogP contribution is -2.10. The Balaban J connectivity index is 2.01. The molecule has 6 heteroatoms. The summed E-state index contributed by atoms with van der Waals surface area (Å²) in [4.78, 5) is 24.2. The summed E-state index contributed by atoms with van der Waals surface area (Å²) in [5.41, 5.74) is 1.72. The summed E-state index contributed by atoms with van der Waals surface area (Å²) < 4.78 is 16.1. The van der Waals surface area contributed by atoms with Gasteiger partial charge in [-0.15, -0.1) is 0 Å². The number of rotatable bonds is 10. The van der Waals surface area contributed by atoms with Gasteiger partial charge in [-0.2, -0.15) is 0 Å². The number of hydrogen-bond acceptors (Lipinski definition) is 5. The highest BCUT2D eigenvalue weighted by Crippen LogP contribution is 2.28. The van der Waals surface area contributed by atoms with Gasteiger partial charge in [0.25, 0.3) is 0 Å². The fourth-order valence-electron chi connectivity index (χ4n) is 2.48. The predicted molar refractivity (Wildman–Crippen MR) is 113 cm³/mol. The summed E-state index contributed by atoms with van der Waals surface area (Å²) in [7, 11) is 1.58. The minimum Gasteiger partial charge on any atom is -0.493 e. The van der Waals surface area contributed by atoms with Gasteiger partial charge in [0.05, 0.1) is 25.9 Å². The number of carbonyl (C=O) groups is 2. The Kier molecular flexibility index (Phi) is 8.76. The monoisotopic (exact) mass is 397 g/mol. The number of carbonyl (C=O) groups excluding carboxylic acids is 2. The van der Waals surface area contributed by atoms with E-state index in [1.165, 1.54) is 6.08 Å².